The SMILES string of the molecule is CC(NC(=O)Cc1c[nH]c2ccccc12)(C(=O)NCCNc1ccc(F)cc1)C1CCCCC1. The number of rotatable bonds is 9. The van der Waals surface area contributed by atoms with Crippen LogP contribution in [-0.4, -0.2) is 35.4 Å². The highest BCUT2D eigenvalue weighted by atomic mass is 19.1. The Morgan fingerprint density at radius 1 is 1.03 bits per heavy atom. The quantitative estimate of drug-likeness (QED) is 0.351. The van der Waals surface area contributed by atoms with Crippen molar-refractivity contribution in [2.45, 2.75) is 51.0 Å². The minimum atomic E-state index is -0.973. The highest BCUT2D eigenvalue weighted by Gasteiger charge is 2.42. The second kappa shape index (κ2) is 10.7. The maximum atomic E-state index is 13.4. The first kappa shape index (κ1) is 23.8. The van der Waals surface area contributed by atoms with Gasteiger partial charge in [0.05, 0.1) is 6.42 Å². The third-order valence-corrected chi connectivity index (χ3v) is 6.90. The number of amides is 2. The molecular formula is C27H33FN4O2. The van der Waals surface area contributed by atoms with E-state index in [4.69, 9.17) is 0 Å². The van der Waals surface area contributed by atoms with E-state index in [1.54, 1.807) is 12.1 Å². The smallest absolute Gasteiger partial charge is 0.245 e. The van der Waals surface area contributed by atoms with Crippen molar-refractivity contribution < 1.29 is 14.0 Å². The molecule has 0 radical (unpaired) electrons. The molecule has 6 nitrogen and oxygen atoms in total. The van der Waals surface area contributed by atoms with E-state index in [2.05, 4.69) is 20.9 Å². The predicted octanol–water partition coefficient (Wildman–Crippen LogP) is 4.53. The normalized spacial score (nSPS) is 16.1. The van der Waals surface area contributed by atoms with Crippen molar-refractivity contribution in [3.05, 3.63) is 66.1 Å². The third-order valence-electron chi connectivity index (χ3n) is 6.90. The van der Waals surface area contributed by atoms with E-state index in [0.717, 1.165) is 47.8 Å². The molecule has 0 aliphatic heterocycles. The van der Waals surface area contributed by atoms with Gasteiger partial charge in [0.1, 0.15) is 11.4 Å². The molecule has 1 atom stereocenters. The maximum Gasteiger partial charge on any atom is 0.245 e. The van der Waals surface area contributed by atoms with Gasteiger partial charge in [-0.3, -0.25) is 9.59 Å². The number of aromatic amines is 1. The molecule has 2 aromatic carbocycles. The van der Waals surface area contributed by atoms with E-state index < -0.39 is 5.54 Å². The largest absolute Gasteiger partial charge is 0.383 e. The van der Waals surface area contributed by atoms with Crippen molar-refractivity contribution in [3.63, 3.8) is 0 Å². The fourth-order valence-corrected chi connectivity index (χ4v) is 4.94. The molecule has 1 heterocycles. The van der Waals surface area contributed by atoms with Crippen LogP contribution < -0.4 is 16.0 Å². The monoisotopic (exact) mass is 464 g/mol. The minimum absolute atomic E-state index is 0.0956. The number of carbonyl (C=O) groups excluding carboxylic acids is 2. The molecular weight excluding hydrogens is 431 g/mol. The molecule has 0 bridgehead atoms. The Balaban J connectivity index is 1.39. The minimum Gasteiger partial charge on any atom is -0.383 e. The van der Waals surface area contributed by atoms with Crippen LogP contribution in [0.3, 0.4) is 0 Å². The molecule has 3 aromatic rings. The van der Waals surface area contributed by atoms with Gasteiger partial charge in [-0.15, -0.1) is 0 Å². The molecule has 1 aliphatic rings. The first-order valence-electron chi connectivity index (χ1n) is 12.1. The van der Waals surface area contributed by atoms with Gasteiger partial charge in [0.15, 0.2) is 0 Å². The average Bonchev–Trinajstić information content (AvgIpc) is 3.26. The number of hydrogen-bond acceptors (Lipinski definition) is 3. The molecule has 1 fully saturated rings. The molecule has 7 heteroatoms. The predicted molar refractivity (Wildman–Crippen MR) is 133 cm³/mol. The molecule has 0 saturated heterocycles. The summed E-state index contributed by atoms with van der Waals surface area (Å²) in [4.78, 5) is 29.7. The van der Waals surface area contributed by atoms with Gasteiger partial charge in [-0.25, -0.2) is 4.39 Å². The molecule has 1 unspecified atom stereocenters. The summed E-state index contributed by atoms with van der Waals surface area (Å²) >= 11 is 0. The van der Waals surface area contributed by atoms with Crippen LogP contribution in [0.4, 0.5) is 10.1 Å². The Bertz CT molecular complexity index is 1120. The molecule has 2 amide bonds. The topological polar surface area (TPSA) is 86.0 Å². The molecule has 1 saturated carbocycles. The van der Waals surface area contributed by atoms with E-state index in [-0.39, 0.29) is 30.0 Å². The van der Waals surface area contributed by atoms with Crippen LogP contribution >= 0.6 is 0 Å². The van der Waals surface area contributed by atoms with Crippen LogP contribution in [0.25, 0.3) is 10.9 Å². The molecule has 1 aliphatic carbocycles. The van der Waals surface area contributed by atoms with Gasteiger partial charge in [0, 0.05) is 35.9 Å². The molecule has 0 spiro atoms. The van der Waals surface area contributed by atoms with Gasteiger partial charge < -0.3 is 20.9 Å². The molecule has 1 aromatic heterocycles. The first-order chi connectivity index (χ1) is 16.5. The highest BCUT2D eigenvalue weighted by Crippen LogP contribution is 2.33. The molecule has 4 N–H and O–H groups in total. The summed E-state index contributed by atoms with van der Waals surface area (Å²) in [6.07, 6.45) is 7.22. The number of aromatic nitrogens is 1. The number of benzene rings is 2. The van der Waals surface area contributed by atoms with Gasteiger partial charge in [-0.05, 0) is 61.6 Å². The van der Waals surface area contributed by atoms with Crippen LogP contribution in [0.1, 0.15) is 44.6 Å². The number of para-hydroxylation sites is 1. The summed E-state index contributed by atoms with van der Waals surface area (Å²) in [5.74, 6) is -0.506. The summed E-state index contributed by atoms with van der Waals surface area (Å²) < 4.78 is 13.1. The zero-order chi connectivity index (χ0) is 24.0. The molecule has 34 heavy (non-hydrogen) atoms. The van der Waals surface area contributed by atoms with Crippen LogP contribution in [0, 0.1) is 11.7 Å². The van der Waals surface area contributed by atoms with E-state index in [0.29, 0.717) is 13.1 Å². The number of hydrogen-bond donors (Lipinski definition) is 4. The fraction of sp³-hybridized carbons (Fsp3) is 0.407. The standard InChI is InChI=1S/C27H33FN4O2/c1-27(20-7-3-2-4-8-20,26(34)30-16-15-29-22-13-11-21(28)12-14-22)32-25(33)17-19-18-31-24-10-6-5-9-23(19)24/h5-6,9-14,18,20,29,31H,2-4,7-8,15-17H2,1H3,(H,30,34)(H,32,33). The van der Waals surface area contributed by atoms with Crippen LogP contribution in [0.5, 0.6) is 0 Å². The van der Waals surface area contributed by atoms with Gasteiger partial charge in [0.2, 0.25) is 11.8 Å². The van der Waals surface area contributed by atoms with Crippen molar-refractivity contribution >= 4 is 28.4 Å². The Morgan fingerprint density at radius 3 is 2.53 bits per heavy atom. The van der Waals surface area contributed by atoms with Crippen molar-refractivity contribution in [3.8, 4) is 0 Å². The average molecular weight is 465 g/mol. The van der Waals surface area contributed by atoms with E-state index in [1.807, 2.05) is 37.4 Å². The first-order valence-corrected chi connectivity index (χ1v) is 12.1. The lowest BCUT2D eigenvalue weighted by Crippen LogP contribution is -2.62. The van der Waals surface area contributed by atoms with Gasteiger partial charge in [-0.2, -0.15) is 0 Å². The summed E-state index contributed by atoms with van der Waals surface area (Å²) in [6.45, 7) is 2.76. The Labute approximate surface area is 199 Å². The molecule has 4 rings (SSSR count). The van der Waals surface area contributed by atoms with Crippen LogP contribution in [-0.2, 0) is 16.0 Å². The number of anilines is 1. The van der Waals surface area contributed by atoms with Crippen molar-refractivity contribution in [1.82, 2.24) is 15.6 Å². The van der Waals surface area contributed by atoms with E-state index in [9.17, 15) is 14.0 Å². The summed E-state index contributed by atoms with van der Waals surface area (Å²) in [6, 6.07) is 14.0. The number of carbonyl (C=O) groups is 2. The van der Waals surface area contributed by atoms with Crippen molar-refractivity contribution in [1.29, 1.82) is 0 Å². The number of H-pyrrole nitrogens is 1. The highest BCUT2D eigenvalue weighted by molar-refractivity contribution is 5.94. The third kappa shape index (κ3) is 5.58. The van der Waals surface area contributed by atoms with E-state index in [1.165, 1.54) is 18.6 Å². The fourth-order valence-electron chi connectivity index (χ4n) is 4.94. The zero-order valence-electron chi connectivity index (χ0n) is 19.6. The second-order valence-electron chi connectivity index (χ2n) is 9.31. The summed E-state index contributed by atoms with van der Waals surface area (Å²) in [5, 5.41) is 10.3. The zero-order valence-corrected chi connectivity index (χ0v) is 19.6. The second-order valence-corrected chi connectivity index (χ2v) is 9.31. The lowest BCUT2D eigenvalue weighted by molar-refractivity contribution is -0.135. The van der Waals surface area contributed by atoms with Crippen LogP contribution in [0.2, 0.25) is 0 Å². The van der Waals surface area contributed by atoms with Crippen LogP contribution in [0.15, 0.2) is 54.7 Å². The number of nitrogens with one attached hydrogen (secondary N) is 4. The lowest BCUT2D eigenvalue weighted by Gasteiger charge is -2.39. The van der Waals surface area contributed by atoms with Gasteiger partial charge >= 0.3 is 0 Å². The Kier molecular flexibility index (Phi) is 7.50. The maximum absolute atomic E-state index is 13.4. The number of halogens is 1. The summed E-state index contributed by atoms with van der Waals surface area (Å²) in [5.41, 5.74) is 1.73. The van der Waals surface area contributed by atoms with E-state index >= 15 is 0 Å². The van der Waals surface area contributed by atoms with Gasteiger partial charge in [0.25, 0.3) is 0 Å². The Morgan fingerprint density at radius 2 is 1.76 bits per heavy atom. The lowest BCUT2D eigenvalue weighted by atomic mass is 9.75. The van der Waals surface area contributed by atoms with Crippen molar-refractivity contribution in [2.75, 3.05) is 18.4 Å². The van der Waals surface area contributed by atoms with Gasteiger partial charge in [-0.1, -0.05) is 37.5 Å². The van der Waals surface area contributed by atoms with Crippen molar-refractivity contribution in [2.24, 2.45) is 5.92 Å². The molecule has 180 valence electrons. The summed E-state index contributed by atoms with van der Waals surface area (Å²) in [7, 11) is 0. The Hall–Kier alpha value is -3.35. The number of fused-ring (bicyclic) bond motifs is 1.